The van der Waals surface area contributed by atoms with Crippen LogP contribution in [0.2, 0.25) is 0 Å². The van der Waals surface area contributed by atoms with Crippen LogP contribution in [0.5, 0.6) is 0 Å². The van der Waals surface area contributed by atoms with Crippen LogP contribution in [-0.4, -0.2) is 28.9 Å². The highest BCUT2D eigenvalue weighted by Crippen LogP contribution is 2.31. The zero-order valence-electron chi connectivity index (χ0n) is 14.2. The summed E-state index contributed by atoms with van der Waals surface area (Å²) in [6, 6.07) is 6.55. The number of nitrogens with one attached hydrogen (secondary N) is 1. The van der Waals surface area contributed by atoms with Crippen LogP contribution in [0.15, 0.2) is 42.7 Å². The molecular weight excluding hydrogens is 343 g/mol. The number of rotatable bonds is 3. The van der Waals surface area contributed by atoms with Gasteiger partial charge < -0.3 is 10.2 Å². The Hall–Kier alpha value is -2.57. The van der Waals surface area contributed by atoms with E-state index in [1.54, 1.807) is 12.1 Å². The molecule has 7 heteroatoms. The van der Waals surface area contributed by atoms with Crippen molar-refractivity contribution in [1.29, 1.82) is 0 Å². The molecule has 26 heavy (non-hydrogen) atoms. The predicted octanol–water partition coefficient (Wildman–Crippen LogP) is 4.86. The van der Waals surface area contributed by atoms with Gasteiger partial charge in [-0.2, -0.15) is 13.2 Å². The Balaban J connectivity index is 1.76. The molecule has 1 amide bonds. The molecule has 1 aromatic carbocycles. The first kappa shape index (κ1) is 18.2. The quantitative estimate of drug-likeness (QED) is 0.847. The molecule has 3 rings (SSSR count). The number of hydrogen-bond donors (Lipinski definition) is 1. The molecule has 1 fully saturated rings. The Kier molecular flexibility index (Phi) is 5.44. The third-order valence-corrected chi connectivity index (χ3v) is 4.36. The van der Waals surface area contributed by atoms with E-state index in [4.69, 9.17) is 0 Å². The third-order valence-electron chi connectivity index (χ3n) is 4.36. The van der Waals surface area contributed by atoms with E-state index < -0.39 is 11.7 Å². The summed E-state index contributed by atoms with van der Waals surface area (Å²) in [5.41, 5.74) is 0.474. The molecule has 0 saturated carbocycles. The van der Waals surface area contributed by atoms with Gasteiger partial charge in [-0.15, -0.1) is 0 Å². The Morgan fingerprint density at radius 1 is 1.00 bits per heavy atom. The number of carbonyl (C=O) groups excluding carboxylic acids is 1. The number of amides is 1. The lowest BCUT2D eigenvalue weighted by molar-refractivity contribution is -0.137. The van der Waals surface area contributed by atoms with E-state index in [0.717, 1.165) is 50.9 Å². The monoisotopic (exact) mass is 363 g/mol. The maximum absolute atomic E-state index is 12.8. The van der Waals surface area contributed by atoms with Crippen molar-refractivity contribution in [2.24, 2.45) is 0 Å². The van der Waals surface area contributed by atoms with Gasteiger partial charge in [-0.05, 0) is 37.1 Å². The highest BCUT2D eigenvalue weighted by atomic mass is 19.4. The number of anilines is 2. The molecule has 1 aromatic heterocycles. The van der Waals surface area contributed by atoms with Crippen LogP contribution in [0.25, 0.3) is 0 Å². The number of halogens is 3. The molecule has 138 valence electrons. The van der Waals surface area contributed by atoms with Crippen molar-refractivity contribution in [3.8, 4) is 0 Å². The van der Waals surface area contributed by atoms with E-state index in [2.05, 4.69) is 10.3 Å². The van der Waals surface area contributed by atoms with Crippen LogP contribution < -0.4 is 5.32 Å². The molecule has 0 unspecified atom stereocenters. The van der Waals surface area contributed by atoms with Gasteiger partial charge in [-0.25, -0.2) is 0 Å². The normalized spacial score (nSPS) is 15.4. The van der Waals surface area contributed by atoms with Gasteiger partial charge >= 0.3 is 6.18 Å². The second-order valence-electron chi connectivity index (χ2n) is 6.37. The molecule has 0 spiro atoms. The number of pyridine rings is 1. The number of likely N-dealkylation sites (tertiary alicyclic amines) is 1. The first-order chi connectivity index (χ1) is 12.4. The van der Waals surface area contributed by atoms with Crippen molar-refractivity contribution in [1.82, 2.24) is 9.88 Å². The summed E-state index contributed by atoms with van der Waals surface area (Å²) >= 11 is 0. The first-order valence-corrected chi connectivity index (χ1v) is 8.62. The van der Waals surface area contributed by atoms with Crippen molar-refractivity contribution in [2.75, 3.05) is 18.4 Å². The van der Waals surface area contributed by atoms with E-state index >= 15 is 0 Å². The predicted molar refractivity (Wildman–Crippen MR) is 93.3 cm³/mol. The highest BCUT2D eigenvalue weighted by molar-refractivity contribution is 5.95. The van der Waals surface area contributed by atoms with Gasteiger partial charge in [0.2, 0.25) is 0 Å². The van der Waals surface area contributed by atoms with Crippen LogP contribution in [0.4, 0.5) is 24.5 Å². The minimum Gasteiger partial charge on any atom is -0.354 e. The molecule has 1 aliphatic rings. The van der Waals surface area contributed by atoms with E-state index in [9.17, 15) is 18.0 Å². The van der Waals surface area contributed by atoms with E-state index in [1.807, 2.05) is 4.90 Å². The van der Waals surface area contributed by atoms with Gasteiger partial charge in [0.25, 0.3) is 5.91 Å². The lowest BCUT2D eigenvalue weighted by Crippen LogP contribution is -2.31. The zero-order valence-corrected chi connectivity index (χ0v) is 14.2. The van der Waals surface area contributed by atoms with Crippen LogP contribution >= 0.6 is 0 Å². The SMILES string of the molecule is O=C(c1cncc(Nc2cccc(C(F)(F)F)c2)c1)N1CCCCCC1. The Bertz CT molecular complexity index is 769. The lowest BCUT2D eigenvalue weighted by atomic mass is 10.2. The van der Waals surface area contributed by atoms with Crippen LogP contribution in [0.3, 0.4) is 0 Å². The van der Waals surface area contributed by atoms with Gasteiger partial charge in [-0.1, -0.05) is 18.9 Å². The molecular formula is C19H20F3N3O. The van der Waals surface area contributed by atoms with Crippen LogP contribution in [-0.2, 0) is 6.18 Å². The number of aromatic nitrogens is 1. The Morgan fingerprint density at radius 2 is 1.73 bits per heavy atom. The molecule has 0 aliphatic carbocycles. The molecule has 0 radical (unpaired) electrons. The number of benzene rings is 1. The third kappa shape index (κ3) is 4.53. The summed E-state index contributed by atoms with van der Waals surface area (Å²) < 4.78 is 38.5. The van der Waals surface area contributed by atoms with Crippen molar-refractivity contribution >= 4 is 17.3 Å². The Morgan fingerprint density at radius 3 is 2.42 bits per heavy atom. The standard InChI is InChI=1S/C19H20F3N3O/c20-19(21,22)15-6-5-7-16(11-15)24-17-10-14(12-23-13-17)18(26)25-8-3-1-2-4-9-25/h5-7,10-13,24H,1-4,8-9H2. The maximum atomic E-state index is 12.8. The van der Waals surface area contributed by atoms with Gasteiger partial charge in [0.15, 0.2) is 0 Å². The number of carbonyl (C=O) groups is 1. The minimum atomic E-state index is -4.40. The van der Waals surface area contributed by atoms with Gasteiger partial charge in [0.1, 0.15) is 0 Å². The average Bonchev–Trinajstić information content (AvgIpc) is 2.90. The van der Waals surface area contributed by atoms with E-state index in [1.165, 1.54) is 18.5 Å². The first-order valence-electron chi connectivity index (χ1n) is 8.62. The second kappa shape index (κ2) is 7.76. The minimum absolute atomic E-state index is 0.0907. The van der Waals surface area contributed by atoms with Crippen molar-refractivity contribution in [2.45, 2.75) is 31.9 Å². The largest absolute Gasteiger partial charge is 0.416 e. The number of hydrogen-bond acceptors (Lipinski definition) is 3. The fourth-order valence-corrected chi connectivity index (χ4v) is 3.02. The van der Waals surface area contributed by atoms with Gasteiger partial charge in [0, 0.05) is 25.0 Å². The molecule has 0 bridgehead atoms. The van der Waals surface area contributed by atoms with Crippen molar-refractivity contribution in [3.05, 3.63) is 53.9 Å². The second-order valence-corrected chi connectivity index (χ2v) is 6.37. The zero-order chi connectivity index (χ0) is 18.6. The van der Waals surface area contributed by atoms with E-state index in [0.29, 0.717) is 16.9 Å². The summed E-state index contributed by atoms with van der Waals surface area (Å²) in [5.74, 6) is -0.0907. The van der Waals surface area contributed by atoms with Crippen LogP contribution in [0, 0.1) is 0 Å². The van der Waals surface area contributed by atoms with Crippen molar-refractivity contribution < 1.29 is 18.0 Å². The Labute approximate surface area is 150 Å². The van der Waals surface area contributed by atoms with Gasteiger partial charge in [0.05, 0.1) is 23.0 Å². The van der Waals surface area contributed by atoms with E-state index in [-0.39, 0.29) is 5.91 Å². The molecule has 1 N–H and O–H groups in total. The number of alkyl halides is 3. The number of nitrogens with zero attached hydrogens (tertiary/aromatic N) is 2. The summed E-state index contributed by atoms with van der Waals surface area (Å²) in [6.45, 7) is 1.45. The molecule has 4 nitrogen and oxygen atoms in total. The summed E-state index contributed by atoms with van der Waals surface area (Å²) in [4.78, 5) is 18.5. The molecule has 1 saturated heterocycles. The molecule has 2 aromatic rings. The topological polar surface area (TPSA) is 45.2 Å². The summed E-state index contributed by atoms with van der Waals surface area (Å²) in [6.07, 6.45) is 2.80. The fourth-order valence-electron chi connectivity index (χ4n) is 3.02. The maximum Gasteiger partial charge on any atom is 0.416 e. The van der Waals surface area contributed by atoms with Gasteiger partial charge in [-0.3, -0.25) is 9.78 Å². The van der Waals surface area contributed by atoms with Crippen molar-refractivity contribution in [3.63, 3.8) is 0 Å². The van der Waals surface area contributed by atoms with Crippen LogP contribution in [0.1, 0.15) is 41.6 Å². The highest BCUT2D eigenvalue weighted by Gasteiger charge is 2.30. The molecule has 0 atom stereocenters. The smallest absolute Gasteiger partial charge is 0.354 e. The fraction of sp³-hybridized carbons (Fsp3) is 0.368. The average molecular weight is 363 g/mol. The summed E-state index contributed by atoms with van der Waals surface area (Å²) in [7, 11) is 0. The molecule has 1 aliphatic heterocycles. The summed E-state index contributed by atoms with van der Waals surface area (Å²) in [5, 5.41) is 2.89. The molecule has 2 heterocycles. The lowest BCUT2D eigenvalue weighted by Gasteiger charge is -2.20.